The third kappa shape index (κ3) is 37.2. The molecule has 13 nitrogen and oxygen atoms in total. The molecule has 0 rings (SSSR count). The van der Waals surface area contributed by atoms with E-state index in [1.807, 2.05) is 0 Å². The summed E-state index contributed by atoms with van der Waals surface area (Å²) < 4.78 is 64.4. The Balaban J connectivity index is 3.02. The van der Waals surface area contributed by atoms with E-state index in [4.69, 9.17) is 61.9 Å². The van der Waals surface area contributed by atoms with Gasteiger partial charge in [-0.25, -0.2) is 0 Å². The monoisotopic (exact) mass is 586 g/mol. The van der Waals surface area contributed by atoms with Crippen molar-refractivity contribution in [3.05, 3.63) is 12.7 Å². The molecule has 0 amide bonds. The fourth-order valence-electron chi connectivity index (χ4n) is 2.65. The molecule has 0 aliphatic rings. The molecule has 0 aliphatic carbocycles. The Bertz CT molecular complexity index is 460. The van der Waals surface area contributed by atoms with E-state index in [2.05, 4.69) is 6.58 Å². The summed E-state index contributed by atoms with van der Waals surface area (Å²) in [6, 6.07) is 0. The van der Waals surface area contributed by atoms with E-state index in [1.165, 1.54) is 0 Å². The van der Waals surface area contributed by atoms with E-state index in [1.54, 1.807) is 6.08 Å². The Kier molecular flexibility index (Phi) is 37.5. The van der Waals surface area contributed by atoms with E-state index < -0.39 is 0 Å². The fourth-order valence-corrected chi connectivity index (χ4v) is 2.65. The maximum atomic E-state index is 8.56. The topological polar surface area (TPSA) is 131 Å². The van der Waals surface area contributed by atoms with Crippen molar-refractivity contribution in [3.63, 3.8) is 0 Å². The molecule has 0 aromatic carbocycles. The van der Waals surface area contributed by atoms with Crippen LogP contribution in [0.15, 0.2) is 12.7 Å². The lowest BCUT2D eigenvalue weighted by Gasteiger charge is -2.09. The highest BCUT2D eigenvalue weighted by Crippen LogP contribution is 1.87. The summed E-state index contributed by atoms with van der Waals surface area (Å²) >= 11 is 0. The van der Waals surface area contributed by atoms with Crippen molar-refractivity contribution in [2.45, 2.75) is 0 Å². The molecule has 0 saturated heterocycles. The van der Waals surface area contributed by atoms with Gasteiger partial charge in [0.2, 0.25) is 0 Å². The van der Waals surface area contributed by atoms with Crippen molar-refractivity contribution in [2.24, 2.45) is 0 Å². The summed E-state index contributed by atoms with van der Waals surface area (Å²) in [6.07, 6.45) is 1.71. The van der Waals surface area contributed by atoms with E-state index in [0.29, 0.717) is 159 Å². The van der Waals surface area contributed by atoms with Gasteiger partial charge in [-0.1, -0.05) is 6.08 Å². The molecule has 0 aliphatic heterocycles. The molecule has 0 fully saturated rings. The summed E-state index contributed by atoms with van der Waals surface area (Å²) in [5.74, 6) is 0. The Morgan fingerprint density at radius 2 is 0.475 bits per heavy atom. The molecule has 0 unspecified atom stereocenters. The number of aliphatic hydroxyl groups is 1. The molecular weight excluding hydrogens is 532 g/mol. The Morgan fingerprint density at radius 1 is 0.300 bits per heavy atom. The SMILES string of the molecule is C=CCOCCOCCOCCOCCOCCOCCOCCOCCOCCOCCOCCOCCO. The second-order valence-corrected chi connectivity index (χ2v) is 7.82. The second-order valence-electron chi connectivity index (χ2n) is 7.82. The molecule has 0 heterocycles. The van der Waals surface area contributed by atoms with Gasteiger partial charge >= 0.3 is 0 Å². The highest BCUT2D eigenvalue weighted by atomic mass is 16.6. The summed E-state index contributed by atoms with van der Waals surface area (Å²) in [4.78, 5) is 0. The van der Waals surface area contributed by atoms with Gasteiger partial charge < -0.3 is 61.9 Å². The van der Waals surface area contributed by atoms with Crippen LogP contribution in [0.3, 0.4) is 0 Å². The summed E-state index contributed by atoms with van der Waals surface area (Å²) in [5, 5.41) is 8.56. The van der Waals surface area contributed by atoms with Gasteiger partial charge in [-0.15, -0.1) is 6.58 Å². The highest BCUT2D eigenvalue weighted by molar-refractivity contribution is 4.63. The van der Waals surface area contributed by atoms with Crippen LogP contribution in [-0.4, -0.2) is 170 Å². The largest absolute Gasteiger partial charge is 0.394 e. The summed E-state index contributed by atoms with van der Waals surface area (Å²) in [5.41, 5.74) is 0. The third-order valence-electron chi connectivity index (χ3n) is 4.56. The van der Waals surface area contributed by atoms with Gasteiger partial charge in [0.15, 0.2) is 0 Å². The molecule has 1 N–H and O–H groups in total. The molecule has 0 atom stereocenters. The molecule has 0 radical (unpaired) electrons. The molecule has 0 aromatic heterocycles. The van der Waals surface area contributed by atoms with Crippen LogP contribution in [0, 0.1) is 0 Å². The lowest BCUT2D eigenvalue weighted by atomic mass is 10.6. The van der Waals surface area contributed by atoms with Gasteiger partial charge in [-0.05, 0) is 0 Å². The average Bonchev–Trinajstić information content (AvgIpc) is 2.97. The zero-order chi connectivity index (χ0) is 28.9. The van der Waals surface area contributed by atoms with Crippen LogP contribution >= 0.6 is 0 Å². The standard InChI is InChI=1S/C27H54O13/c1-2-4-29-6-8-31-10-12-33-14-16-35-18-20-37-22-24-39-26-27-40-25-23-38-21-19-36-17-15-34-13-11-32-9-7-30-5-3-28/h2,28H,1,3-27H2. The van der Waals surface area contributed by atoms with Crippen LogP contribution in [0.5, 0.6) is 0 Å². The number of hydrogen-bond donors (Lipinski definition) is 1. The Labute approximate surface area is 240 Å². The van der Waals surface area contributed by atoms with Gasteiger partial charge in [-0.2, -0.15) is 0 Å². The fraction of sp³-hybridized carbons (Fsp3) is 0.926. The second kappa shape index (κ2) is 38.2. The molecular formula is C27H54O13. The van der Waals surface area contributed by atoms with Crippen LogP contribution in [0.2, 0.25) is 0 Å². The number of aliphatic hydroxyl groups excluding tert-OH is 1. The van der Waals surface area contributed by atoms with E-state index in [9.17, 15) is 0 Å². The maximum absolute atomic E-state index is 8.56. The zero-order valence-corrected chi connectivity index (χ0v) is 24.3. The molecule has 0 spiro atoms. The van der Waals surface area contributed by atoms with Crippen molar-refractivity contribution in [2.75, 3.05) is 165 Å². The Morgan fingerprint density at radius 3 is 0.650 bits per heavy atom. The lowest BCUT2D eigenvalue weighted by Crippen LogP contribution is -2.15. The molecule has 0 saturated carbocycles. The summed E-state index contributed by atoms with van der Waals surface area (Å²) in [6.45, 7) is 15.8. The highest BCUT2D eigenvalue weighted by Gasteiger charge is 1.96. The number of rotatable bonds is 37. The minimum absolute atomic E-state index is 0.0259. The zero-order valence-electron chi connectivity index (χ0n) is 24.3. The number of ether oxygens (including phenoxy) is 12. The van der Waals surface area contributed by atoms with Gasteiger partial charge in [0.1, 0.15) is 0 Å². The maximum Gasteiger partial charge on any atom is 0.0704 e. The average molecular weight is 587 g/mol. The minimum atomic E-state index is 0.0259. The van der Waals surface area contributed by atoms with Crippen molar-refractivity contribution in [3.8, 4) is 0 Å². The predicted octanol–water partition coefficient (Wildman–Crippen LogP) is 0.364. The quantitative estimate of drug-likeness (QED) is 0.0795. The first-order valence-electron chi connectivity index (χ1n) is 14.1. The molecule has 0 aromatic rings. The van der Waals surface area contributed by atoms with Crippen molar-refractivity contribution in [1.29, 1.82) is 0 Å². The predicted molar refractivity (Wildman–Crippen MR) is 147 cm³/mol. The number of hydrogen-bond acceptors (Lipinski definition) is 13. The molecule has 0 bridgehead atoms. The van der Waals surface area contributed by atoms with Crippen LogP contribution < -0.4 is 0 Å². The molecule has 40 heavy (non-hydrogen) atoms. The van der Waals surface area contributed by atoms with E-state index in [-0.39, 0.29) is 6.61 Å². The van der Waals surface area contributed by atoms with Gasteiger partial charge in [0.25, 0.3) is 0 Å². The first kappa shape index (κ1) is 39.2. The van der Waals surface area contributed by atoms with Crippen LogP contribution in [0.1, 0.15) is 0 Å². The summed E-state index contributed by atoms with van der Waals surface area (Å²) in [7, 11) is 0. The van der Waals surface area contributed by atoms with Gasteiger partial charge in [0, 0.05) is 0 Å². The van der Waals surface area contributed by atoms with Crippen LogP contribution in [0.4, 0.5) is 0 Å². The smallest absolute Gasteiger partial charge is 0.0704 e. The van der Waals surface area contributed by atoms with Crippen molar-refractivity contribution in [1.82, 2.24) is 0 Å². The molecule has 13 heteroatoms. The lowest BCUT2D eigenvalue weighted by molar-refractivity contribution is -0.0284. The third-order valence-corrected chi connectivity index (χ3v) is 4.56. The normalized spacial score (nSPS) is 11.4. The van der Waals surface area contributed by atoms with Crippen LogP contribution in [-0.2, 0) is 56.8 Å². The van der Waals surface area contributed by atoms with E-state index >= 15 is 0 Å². The minimum Gasteiger partial charge on any atom is -0.394 e. The van der Waals surface area contributed by atoms with Crippen molar-refractivity contribution >= 4 is 0 Å². The van der Waals surface area contributed by atoms with Crippen LogP contribution in [0.25, 0.3) is 0 Å². The van der Waals surface area contributed by atoms with E-state index in [0.717, 1.165) is 0 Å². The Hall–Kier alpha value is -0.780. The van der Waals surface area contributed by atoms with Gasteiger partial charge in [-0.3, -0.25) is 0 Å². The first-order chi connectivity index (χ1) is 19.9. The first-order valence-corrected chi connectivity index (χ1v) is 14.1. The molecule has 240 valence electrons. The van der Waals surface area contributed by atoms with Gasteiger partial charge in [0.05, 0.1) is 165 Å². The van der Waals surface area contributed by atoms with Crippen molar-refractivity contribution < 1.29 is 61.9 Å².